The van der Waals surface area contributed by atoms with Crippen molar-refractivity contribution in [3.63, 3.8) is 0 Å². The molecule has 3 nitrogen and oxygen atoms in total. The molecule has 0 saturated carbocycles. The summed E-state index contributed by atoms with van der Waals surface area (Å²) in [6, 6.07) is 14.1. The molecule has 0 aliphatic carbocycles. The highest BCUT2D eigenvalue weighted by molar-refractivity contribution is 5.68. The molecule has 0 heterocycles. The first-order valence-corrected chi connectivity index (χ1v) is 5.92. The molecule has 0 spiro atoms. The summed E-state index contributed by atoms with van der Waals surface area (Å²) in [6.07, 6.45) is 0. The van der Waals surface area contributed by atoms with Gasteiger partial charge in [0, 0.05) is 12.6 Å². The summed E-state index contributed by atoms with van der Waals surface area (Å²) in [5, 5.41) is 3.33. The minimum absolute atomic E-state index is 0.696. The Hall–Kier alpha value is -2.16. The average Bonchev–Trinajstić information content (AvgIpc) is 2.37. The van der Waals surface area contributed by atoms with Crippen molar-refractivity contribution in [3.05, 3.63) is 53.6 Å². The number of nitrogens with two attached hydrogens (primary N) is 1. The Morgan fingerprint density at radius 1 is 1.17 bits per heavy atom. The highest BCUT2D eigenvalue weighted by Gasteiger charge is 2.01. The largest absolute Gasteiger partial charge is 0.497 e. The van der Waals surface area contributed by atoms with Gasteiger partial charge in [0.2, 0.25) is 0 Å². The molecule has 0 aliphatic rings. The normalized spacial score (nSPS) is 10.1. The third-order valence-electron chi connectivity index (χ3n) is 2.82. The summed E-state index contributed by atoms with van der Waals surface area (Å²) in [5.41, 5.74) is 10.1. The van der Waals surface area contributed by atoms with Crippen LogP contribution < -0.4 is 15.8 Å². The van der Waals surface area contributed by atoms with E-state index in [1.165, 1.54) is 11.1 Å². The van der Waals surface area contributed by atoms with Gasteiger partial charge in [-0.1, -0.05) is 29.8 Å². The molecule has 0 atom stereocenters. The molecule has 0 bridgehead atoms. The summed E-state index contributed by atoms with van der Waals surface area (Å²) in [7, 11) is 1.63. The zero-order chi connectivity index (χ0) is 13.0. The van der Waals surface area contributed by atoms with E-state index in [1.807, 2.05) is 18.2 Å². The van der Waals surface area contributed by atoms with E-state index >= 15 is 0 Å². The monoisotopic (exact) mass is 242 g/mol. The number of anilines is 2. The van der Waals surface area contributed by atoms with Crippen molar-refractivity contribution in [2.24, 2.45) is 0 Å². The van der Waals surface area contributed by atoms with Crippen LogP contribution in [0.4, 0.5) is 11.4 Å². The molecule has 0 fully saturated rings. The number of hydrogen-bond donors (Lipinski definition) is 2. The molecule has 0 aromatic heterocycles. The van der Waals surface area contributed by atoms with Crippen molar-refractivity contribution >= 4 is 11.4 Å². The Bertz CT molecular complexity index is 538. The molecule has 0 unspecified atom stereocenters. The van der Waals surface area contributed by atoms with Crippen LogP contribution in [0, 0.1) is 6.92 Å². The van der Waals surface area contributed by atoms with Gasteiger partial charge in [-0.25, -0.2) is 0 Å². The first-order chi connectivity index (χ1) is 8.69. The maximum absolute atomic E-state index is 5.95. The lowest BCUT2D eigenvalue weighted by Gasteiger charge is -2.11. The van der Waals surface area contributed by atoms with Crippen LogP contribution in [-0.4, -0.2) is 7.11 Å². The molecule has 2 rings (SSSR count). The van der Waals surface area contributed by atoms with Crippen molar-refractivity contribution in [1.82, 2.24) is 0 Å². The summed E-state index contributed by atoms with van der Waals surface area (Å²) < 4.78 is 5.12. The Balaban J connectivity index is 2.06. The number of methoxy groups -OCH3 is 1. The molecule has 2 aromatic carbocycles. The van der Waals surface area contributed by atoms with Crippen LogP contribution in [0.15, 0.2) is 42.5 Å². The molecule has 2 aromatic rings. The topological polar surface area (TPSA) is 47.3 Å². The van der Waals surface area contributed by atoms with Crippen LogP contribution >= 0.6 is 0 Å². The molecule has 0 radical (unpaired) electrons. The highest BCUT2D eigenvalue weighted by Crippen LogP contribution is 2.24. The number of aryl methyl sites for hydroxylation is 1. The van der Waals surface area contributed by atoms with E-state index in [4.69, 9.17) is 10.5 Å². The third-order valence-corrected chi connectivity index (χ3v) is 2.82. The number of rotatable bonds is 4. The predicted molar refractivity (Wildman–Crippen MR) is 75.9 cm³/mol. The summed E-state index contributed by atoms with van der Waals surface area (Å²) >= 11 is 0. The van der Waals surface area contributed by atoms with Gasteiger partial charge >= 0.3 is 0 Å². The minimum Gasteiger partial charge on any atom is -0.497 e. The van der Waals surface area contributed by atoms with Crippen LogP contribution in [0.25, 0.3) is 0 Å². The number of benzene rings is 2. The van der Waals surface area contributed by atoms with Gasteiger partial charge in [0.15, 0.2) is 0 Å². The van der Waals surface area contributed by atoms with Gasteiger partial charge in [0.1, 0.15) is 5.75 Å². The van der Waals surface area contributed by atoms with Gasteiger partial charge in [-0.3, -0.25) is 0 Å². The third kappa shape index (κ3) is 2.94. The molecule has 0 amide bonds. The van der Waals surface area contributed by atoms with Gasteiger partial charge in [-0.05, 0) is 24.6 Å². The van der Waals surface area contributed by atoms with E-state index in [1.54, 1.807) is 7.11 Å². The van der Waals surface area contributed by atoms with Crippen molar-refractivity contribution in [2.45, 2.75) is 13.5 Å². The smallest absolute Gasteiger partial charge is 0.121 e. The fraction of sp³-hybridized carbons (Fsp3) is 0.200. The van der Waals surface area contributed by atoms with Crippen LogP contribution in [-0.2, 0) is 6.54 Å². The van der Waals surface area contributed by atoms with E-state index in [9.17, 15) is 0 Å². The first-order valence-electron chi connectivity index (χ1n) is 5.92. The maximum Gasteiger partial charge on any atom is 0.121 e. The molecular formula is C15H18N2O. The molecule has 3 heteroatoms. The van der Waals surface area contributed by atoms with Crippen LogP contribution in [0.5, 0.6) is 5.75 Å². The van der Waals surface area contributed by atoms with Gasteiger partial charge in [0.05, 0.1) is 18.5 Å². The van der Waals surface area contributed by atoms with Crippen molar-refractivity contribution in [2.75, 3.05) is 18.2 Å². The first kappa shape index (κ1) is 12.3. The van der Waals surface area contributed by atoms with Gasteiger partial charge in [-0.2, -0.15) is 0 Å². The number of ether oxygens (including phenoxy) is 1. The summed E-state index contributed by atoms with van der Waals surface area (Å²) in [6.45, 7) is 2.85. The van der Waals surface area contributed by atoms with Gasteiger partial charge < -0.3 is 15.8 Å². The lowest BCUT2D eigenvalue weighted by atomic mass is 10.1. The summed E-state index contributed by atoms with van der Waals surface area (Å²) in [4.78, 5) is 0. The van der Waals surface area contributed by atoms with E-state index < -0.39 is 0 Å². The van der Waals surface area contributed by atoms with E-state index in [-0.39, 0.29) is 0 Å². The standard InChI is InChI=1S/C15H18N2O/c1-11-4-3-5-12(8-11)10-17-15-7-6-13(18-2)9-14(15)16/h3-9,17H,10,16H2,1-2H3. The van der Waals surface area contributed by atoms with E-state index in [2.05, 4.69) is 36.5 Å². The minimum atomic E-state index is 0.696. The quantitative estimate of drug-likeness (QED) is 0.809. The Morgan fingerprint density at radius 3 is 2.67 bits per heavy atom. The summed E-state index contributed by atoms with van der Waals surface area (Å²) in [5.74, 6) is 0.772. The second kappa shape index (κ2) is 5.45. The van der Waals surface area contributed by atoms with Crippen LogP contribution in [0.2, 0.25) is 0 Å². The van der Waals surface area contributed by atoms with Crippen molar-refractivity contribution in [1.29, 1.82) is 0 Å². The van der Waals surface area contributed by atoms with E-state index in [0.29, 0.717) is 5.69 Å². The lowest BCUT2D eigenvalue weighted by Crippen LogP contribution is -2.02. The molecule has 94 valence electrons. The highest BCUT2D eigenvalue weighted by atomic mass is 16.5. The average molecular weight is 242 g/mol. The Kier molecular flexibility index (Phi) is 3.72. The van der Waals surface area contributed by atoms with Crippen molar-refractivity contribution in [3.8, 4) is 5.75 Å². The van der Waals surface area contributed by atoms with E-state index in [0.717, 1.165) is 18.0 Å². The number of nitrogens with one attached hydrogen (secondary N) is 1. The fourth-order valence-corrected chi connectivity index (χ4v) is 1.85. The predicted octanol–water partition coefficient (Wildman–Crippen LogP) is 3.20. The second-order valence-corrected chi connectivity index (χ2v) is 4.30. The van der Waals surface area contributed by atoms with Gasteiger partial charge in [0.25, 0.3) is 0 Å². The Labute approximate surface area is 108 Å². The van der Waals surface area contributed by atoms with Crippen LogP contribution in [0.1, 0.15) is 11.1 Å². The second-order valence-electron chi connectivity index (χ2n) is 4.30. The number of nitrogen functional groups attached to an aromatic ring is 1. The SMILES string of the molecule is COc1ccc(NCc2cccc(C)c2)c(N)c1. The fourth-order valence-electron chi connectivity index (χ4n) is 1.85. The van der Waals surface area contributed by atoms with Crippen molar-refractivity contribution < 1.29 is 4.74 Å². The molecule has 3 N–H and O–H groups in total. The molecule has 18 heavy (non-hydrogen) atoms. The van der Waals surface area contributed by atoms with Gasteiger partial charge in [-0.15, -0.1) is 0 Å². The maximum atomic E-state index is 5.95. The number of hydrogen-bond acceptors (Lipinski definition) is 3. The lowest BCUT2D eigenvalue weighted by molar-refractivity contribution is 0.415. The molecule has 0 aliphatic heterocycles. The van der Waals surface area contributed by atoms with Crippen LogP contribution in [0.3, 0.4) is 0 Å². The molecule has 0 saturated heterocycles. The zero-order valence-electron chi connectivity index (χ0n) is 10.7. The zero-order valence-corrected chi connectivity index (χ0v) is 10.7. The Morgan fingerprint density at radius 2 is 2.00 bits per heavy atom. The molecular weight excluding hydrogens is 224 g/mol.